The molecule has 2 aromatic carbocycles. The van der Waals surface area contributed by atoms with Crippen LogP contribution in [0.2, 0.25) is 0 Å². The molecular weight excluding hydrogens is 436 g/mol. The second-order valence-corrected chi connectivity index (χ2v) is 4.37. The maximum atomic E-state index is 7.09. The third kappa shape index (κ3) is 3.44. The third-order valence-corrected chi connectivity index (χ3v) is 3.05. The molecule has 3 heteroatoms. The molecule has 0 amide bonds. The largest absolute Gasteiger partial charge is 0.305 e. The van der Waals surface area contributed by atoms with Gasteiger partial charge < -0.3 is 4.98 Å². The molecule has 0 fully saturated rings. The maximum Gasteiger partial charge on any atom is 0.187 e. The van der Waals surface area contributed by atoms with E-state index in [1.165, 1.54) is 0 Å². The molecule has 0 saturated carbocycles. The van der Waals surface area contributed by atoms with Crippen LogP contribution in [0.3, 0.4) is 0 Å². The summed E-state index contributed by atoms with van der Waals surface area (Å²) >= 11 is 0. The Kier molecular flexibility index (Phi) is 5.00. The molecule has 1 heterocycles. The Balaban J connectivity index is 0.00000161. The van der Waals surface area contributed by atoms with Gasteiger partial charge >= 0.3 is 0 Å². The van der Waals surface area contributed by atoms with Gasteiger partial charge in [0.2, 0.25) is 0 Å². The first-order chi connectivity index (χ1) is 9.86. The molecule has 0 unspecified atom stereocenters. The molecule has 0 aliphatic heterocycles. The van der Waals surface area contributed by atoms with Crippen LogP contribution < -0.4 is 0 Å². The molecule has 2 nitrogen and oxygen atoms in total. The maximum absolute atomic E-state index is 7.09. The van der Waals surface area contributed by atoms with Crippen molar-refractivity contribution in [3.05, 3.63) is 84.3 Å². The zero-order valence-electron chi connectivity index (χ0n) is 11.1. The molecular formula is C18H11IrN2-. The van der Waals surface area contributed by atoms with Crippen LogP contribution in [0.4, 0.5) is 5.69 Å². The fourth-order valence-electron chi connectivity index (χ4n) is 2.07. The number of nitrogens with zero attached hydrogens (tertiary/aromatic N) is 2. The zero-order valence-corrected chi connectivity index (χ0v) is 13.5. The molecule has 0 N–H and O–H groups in total. The SMILES string of the molecule is [C-]#[N+]c1cccc(-c2cc[c-]c(-c3ccccn3)c2)c1.[Ir]. The second kappa shape index (κ2) is 6.95. The van der Waals surface area contributed by atoms with Crippen LogP contribution >= 0.6 is 0 Å². The molecule has 103 valence electrons. The van der Waals surface area contributed by atoms with E-state index in [0.29, 0.717) is 5.69 Å². The average molecular weight is 448 g/mol. The van der Waals surface area contributed by atoms with Gasteiger partial charge in [0.25, 0.3) is 0 Å². The van der Waals surface area contributed by atoms with Crippen molar-refractivity contribution in [2.24, 2.45) is 0 Å². The summed E-state index contributed by atoms with van der Waals surface area (Å²) in [6, 6.07) is 22.6. The Morgan fingerprint density at radius 2 is 1.81 bits per heavy atom. The van der Waals surface area contributed by atoms with Gasteiger partial charge in [0.05, 0.1) is 6.57 Å². The molecule has 21 heavy (non-hydrogen) atoms. The average Bonchev–Trinajstić information content (AvgIpc) is 2.56. The molecule has 1 radical (unpaired) electrons. The molecule has 0 spiro atoms. The van der Waals surface area contributed by atoms with E-state index in [0.717, 1.165) is 22.4 Å². The van der Waals surface area contributed by atoms with Gasteiger partial charge in [0.1, 0.15) is 0 Å². The summed E-state index contributed by atoms with van der Waals surface area (Å²) in [6.45, 7) is 7.09. The van der Waals surface area contributed by atoms with E-state index >= 15 is 0 Å². The Hall–Kier alpha value is -2.27. The van der Waals surface area contributed by atoms with Gasteiger partial charge in [0.15, 0.2) is 5.69 Å². The molecule has 0 aliphatic carbocycles. The van der Waals surface area contributed by atoms with Gasteiger partial charge in [0, 0.05) is 26.3 Å². The number of pyridine rings is 1. The summed E-state index contributed by atoms with van der Waals surface area (Å²) in [7, 11) is 0. The van der Waals surface area contributed by atoms with Gasteiger partial charge in [-0.2, -0.15) is 0 Å². The standard InChI is InChI=1S/C18H11N2.Ir/c1-19-17-9-5-7-15(13-17)14-6-4-8-16(12-14)18-10-2-3-11-20-18;/h2-7,9-13H;/q-1;. The van der Waals surface area contributed by atoms with Gasteiger partial charge in [-0.05, 0) is 17.3 Å². The second-order valence-electron chi connectivity index (χ2n) is 4.37. The molecule has 0 saturated heterocycles. The van der Waals surface area contributed by atoms with E-state index in [1.807, 2.05) is 60.7 Å². The van der Waals surface area contributed by atoms with Gasteiger partial charge in [-0.15, -0.1) is 35.4 Å². The Morgan fingerprint density at radius 3 is 2.57 bits per heavy atom. The minimum atomic E-state index is 0. The summed E-state index contributed by atoms with van der Waals surface area (Å²) in [5.74, 6) is 0. The summed E-state index contributed by atoms with van der Waals surface area (Å²) in [6.07, 6.45) is 1.77. The van der Waals surface area contributed by atoms with E-state index in [2.05, 4.69) is 15.9 Å². The first-order valence-electron chi connectivity index (χ1n) is 6.28. The predicted molar refractivity (Wildman–Crippen MR) is 80.2 cm³/mol. The molecule has 0 bridgehead atoms. The van der Waals surface area contributed by atoms with Crippen LogP contribution in [0.15, 0.2) is 66.9 Å². The first kappa shape index (κ1) is 15.1. The van der Waals surface area contributed by atoms with Crippen molar-refractivity contribution in [2.45, 2.75) is 0 Å². The van der Waals surface area contributed by atoms with Crippen molar-refractivity contribution in [1.29, 1.82) is 0 Å². The van der Waals surface area contributed by atoms with Crippen LogP contribution in [0.25, 0.3) is 27.2 Å². The number of hydrogen-bond acceptors (Lipinski definition) is 1. The summed E-state index contributed by atoms with van der Waals surface area (Å²) < 4.78 is 0. The summed E-state index contributed by atoms with van der Waals surface area (Å²) in [4.78, 5) is 7.80. The normalized spacial score (nSPS) is 9.48. The fourth-order valence-corrected chi connectivity index (χ4v) is 2.07. The Labute approximate surface area is 137 Å². The third-order valence-electron chi connectivity index (χ3n) is 3.05. The van der Waals surface area contributed by atoms with Gasteiger partial charge in [-0.1, -0.05) is 36.4 Å². The van der Waals surface area contributed by atoms with Gasteiger partial charge in [-0.3, -0.25) is 0 Å². The van der Waals surface area contributed by atoms with Crippen LogP contribution in [0.5, 0.6) is 0 Å². The van der Waals surface area contributed by atoms with Crippen molar-refractivity contribution >= 4 is 5.69 Å². The van der Waals surface area contributed by atoms with Crippen LogP contribution in [0.1, 0.15) is 0 Å². The van der Waals surface area contributed by atoms with Crippen molar-refractivity contribution in [2.75, 3.05) is 0 Å². The smallest absolute Gasteiger partial charge is 0.187 e. The minimum Gasteiger partial charge on any atom is -0.305 e. The molecule has 0 atom stereocenters. The number of benzene rings is 2. The van der Waals surface area contributed by atoms with Crippen LogP contribution in [-0.4, -0.2) is 4.98 Å². The minimum absolute atomic E-state index is 0. The number of aromatic nitrogens is 1. The van der Waals surface area contributed by atoms with E-state index in [1.54, 1.807) is 6.20 Å². The van der Waals surface area contributed by atoms with Crippen molar-refractivity contribution in [3.8, 4) is 22.4 Å². The monoisotopic (exact) mass is 448 g/mol. The summed E-state index contributed by atoms with van der Waals surface area (Å²) in [5, 5.41) is 0. The fraction of sp³-hybridized carbons (Fsp3) is 0. The van der Waals surface area contributed by atoms with Crippen molar-refractivity contribution in [3.63, 3.8) is 0 Å². The summed E-state index contributed by atoms with van der Waals surface area (Å²) in [5.41, 5.74) is 4.60. The topological polar surface area (TPSA) is 17.2 Å². The van der Waals surface area contributed by atoms with E-state index in [4.69, 9.17) is 6.57 Å². The van der Waals surface area contributed by atoms with E-state index in [-0.39, 0.29) is 20.1 Å². The number of rotatable bonds is 2. The molecule has 3 aromatic rings. The predicted octanol–water partition coefficient (Wildman–Crippen LogP) is 4.76. The number of hydrogen-bond donors (Lipinski definition) is 0. The first-order valence-corrected chi connectivity index (χ1v) is 6.28. The molecule has 1 aromatic heterocycles. The van der Waals surface area contributed by atoms with Crippen molar-refractivity contribution < 1.29 is 20.1 Å². The van der Waals surface area contributed by atoms with Crippen LogP contribution in [0, 0.1) is 12.6 Å². The molecule has 0 aliphatic rings. The van der Waals surface area contributed by atoms with Gasteiger partial charge in [-0.25, -0.2) is 4.85 Å². The van der Waals surface area contributed by atoms with E-state index < -0.39 is 0 Å². The Morgan fingerprint density at radius 1 is 0.952 bits per heavy atom. The van der Waals surface area contributed by atoms with Crippen LogP contribution in [-0.2, 0) is 20.1 Å². The molecule has 3 rings (SSSR count). The zero-order chi connectivity index (χ0) is 13.8. The van der Waals surface area contributed by atoms with Crippen molar-refractivity contribution in [1.82, 2.24) is 4.98 Å². The quantitative estimate of drug-likeness (QED) is 0.518. The van der Waals surface area contributed by atoms with E-state index in [9.17, 15) is 0 Å². The Bertz CT molecular complexity index is 776.